The first-order valence-corrected chi connectivity index (χ1v) is 6.82. The monoisotopic (exact) mass is 276 g/mol. The van der Waals surface area contributed by atoms with E-state index in [1.165, 1.54) is 15.4 Å². The van der Waals surface area contributed by atoms with E-state index in [1.54, 1.807) is 4.90 Å². The summed E-state index contributed by atoms with van der Waals surface area (Å²) in [6.45, 7) is 3.92. The molecular weight excluding hydrogens is 260 g/mol. The number of hydrogen-bond donors (Lipinski definition) is 0. The highest BCUT2D eigenvalue weighted by molar-refractivity contribution is 5.97. The molecule has 0 aromatic carbocycles. The van der Waals surface area contributed by atoms with Gasteiger partial charge in [0.2, 0.25) is 0 Å². The van der Waals surface area contributed by atoms with Crippen molar-refractivity contribution in [2.45, 2.75) is 32.7 Å². The molecule has 1 saturated heterocycles. The number of carbonyl (C=O) groups is 1. The van der Waals surface area contributed by atoms with Crippen molar-refractivity contribution in [1.82, 2.24) is 29.3 Å². The lowest BCUT2D eigenvalue weighted by Crippen LogP contribution is -2.31. The maximum Gasteiger partial charge on any atom is 0.352 e. The minimum atomic E-state index is -0.315. The lowest BCUT2D eigenvalue weighted by Gasteiger charge is -2.13. The molecule has 1 aliphatic heterocycles. The Hall–Kier alpha value is -2.25. The molecule has 2 aromatic heterocycles. The van der Waals surface area contributed by atoms with Gasteiger partial charge in [0.1, 0.15) is 6.33 Å². The Morgan fingerprint density at radius 1 is 1.35 bits per heavy atom. The molecule has 2 aromatic rings. The second-order valence-electron chi connectivity index (χ2n) is 4.88. The van der Waals surface area contributed by atoms with Gasteiger partial charge in [-0.1, -0.05) is 12.1 Å². The van der Waals surface area contributed by atoms with E-state index >= 15 is 0 Å². The fourth-order valence-corrected chi connectivity index (χ4v) is 2.41. The number of amides is 1. The summed E-state index contributed by atoms with van der Waals surface area (Å²) in [6, 6.07) is 0. The predicted molar refractivity (Wildman–Crippen MR) is 70.5 cm³/mol. The van der Waals surface area contributed by atoms with Crippen molar-refractivity contribution in [3.63, 3.8) is 0 Å². The quantitative estimate of drug-likeness (QED) is 0.783. The van der Waals surface area contributed by atoms with Crippen molar-refractivity contribution in [1.29, 1.82) is 0 Å². The van der Waals surface area contributed by atoms with Crippen molar-refractivity contribution >= 4 is 11.6 Å². The molecule has 1 fully saturated rings. The molecule has 106 valence electrons. The number of aryl methyl sites for hydroxylation is 1. The van der Waals surface area contributed by atoms with Crippen LogP contribution in [0, 0.1) is 0 Å². The van der Waals surface area contributed by atoms with Crippen molar-refractivity contribution in [3.05, 3.63) is 22.5 Å². The minimum Gasteiger partial charge on any atom is -0.337 e. The molecule has 8 nitrogen and oxygen atoms in total. The Balaban J connectivity index is 2.03. The predicted octanol–water partition coefficient (Wildman–Crippen LogP) is -0.0680. The molecule has 1 amide bonds. The Bertz CT molecular complexity index is 698. The third kappa shape index (κ3) is 1.97. The highest BCUT2D eigenvalue weighted by Gasteiger charge is 2.25. The molecule has 0 N–H and O–H groups in total. The SMILES string of the molecule is CCCn1nnc2c(C(=O)N3CCCC3)ncn2c1=O. The van der Waals surface area contributed by atoms with Gasteiger partial charge in [-0.2, -0.15) is 4.68 Å². The van der Waals surface area contributed by atoms with E-state index in [1.807, 2.05) is 6.92 Å². The molecule has 0 unspecified atom stereocenters. The van der Waals surface area contributed by atoms with E-state index in [4.69, 9.17) is 0 Å². The summed E-state index contributed by atoms with van der Waals surface area (Å²) < 4.78 is 2.56. The number of aromatic nitrogens is 5. The number of carbonyl (C=O) groups excluding carboxylic acids is 1. The van der Waals surface area contributed by atoms with Gasteiger partial charge in [-0.3, -0.25) is 4.79 Å². The van der Waals surface area contributed by atoms with Crippen LogP contribution in [0.5, 0.6) is 0 Å². The van der Waals surface area contributed by atoms with Crippen LogP contribution in [0.1, 0.15) is 36.7 Å². The molecular formula is C12H16N6O2. The molecule has 0 radical (unpaired) electrons. The van der Waals surface area contributed by atoms with Gasteiger partial charge in [-0.15, -0.1) is 5.10 Å². The molecule has 0 aliphatic carbocycles. The lowest BCUT2D eigenvalue weighted by molar-refractivity contribution is 0.0789. The van der Waals surface area contributed by atoms with Crippen molar-refractivity contribution in [2.24, 2.45) is 0 Å². The number of nitrogens with zero attached hydrogens (tertiary/aromatic N) is 6. The van der Waals surface area contributed by atoms with Gasteiger partial charge in [0.25, 0.3) is 5.91 Å². The summed E-state index contributed by atoms with van der Waals surface area (Å²) in [5.74, 6) is -0.174. The van der Waals surface area contributed by atoms with Gasteiger partial charge in [-0.25, -0.2) is 14.2 Å². The first kappa shape index (κ1) is 12.8. The first-order valence-electron chi connectivity index (χ1n) is 6.82. The summed E-state index contributed by atoms with van der Waals surface area (Å²) in [4.78, 5) is 30.2. The minimum absolute atomic E-state index is 0.174. The van der Waals surface area contributed by atoms with Crippen LogP contribution in [0.25, 0.3) is 5.65 Å². The number of hydrogen-bond acceptors (Lipinski definition) is 5. The Morgan fingerprint density at radius 2 is 2.10 bits per heavy atom. The van der Waals surface area contributed by atoms with Gasteiger partial charge in [0.05, 0.1) is 0 Å². The summed E-state index contributed by atoms with van der Waals surface area (Å²) >= 11 is 0. The van der Waals surface area contributed by atoms with Crippen LogP contribution in [-0.2, 0) is 6.54 Å². The van der Waals surface area contributed by atoms with Crippen molar-refractivity contribution < 1.29 is 4.79 Å². The molecule has 0 spiro atoms. The summed E-state index contributed by atoms with van der Waals surface area (Å²) in [7, 11) is 0. The third-order valence-corrected chi connectivity index (χ3v) is 3.45. The molecule has 0 bridgehead atoms. The van der Waals surface area contributed by atoms with E-state index in [9.17, 15) is 9.59 Å². The number of rotatable bonds is 3. The summed E-state index contributed by atoms with van der Waals surface area (Å²) in [5.41, 5.74) is 0.129. The topological polar surface area (TPSA) is 85.4 Å². The zero-order valence-corrected chi connectivity index (χ0v) is 11.3. The van der Waals surface area contributed by atoms with E-state index in [2.05, 4.69) is 15.3 Å². The second kappa shape index (κ2) is 5.03. The van der Waals surface area contributed by atoms with Gasteiger partial charge < -0.3 is 4.90 Å². The highest BCUT2D eigenvalue weighted by Crippen LogP contribution is 2.13. The van der Waals surface area contributed by atoms with Crippen LogP contribution < -0.4 is 5.69 Å². The van der Waals surface area contributed by atoms with E-state index in [0.717, 1.165) is 32.4 Å². The zero-order valence-electron chi connectivity index (χ0n) is 11.3. The molecule has 3 heterocycles. The highest BCUT2D eigenvalue weighted by atomic mass is 16.2. The third-order valence-electron chi connectivity index (χ3n) is 3.45. The number of likely N-dealkylation sites (tertiary alicyclic amines) is 1. The van der Waals surface area contributed by atoms with Crippen LogP contribution in [0.3, 0.4) is 0 Å². The van der Waals surface area contributed by atoms with Crippen molar-refractivity contribution in [3.8, 4) is 0 Å². The van der Waals surface area contributed by atoms with Crippen LogP contribution >= 0.6 is 0 Å². The van der Waals surface area contributed by atoms with Gasteiger partial charge in [0.15, 0.2) is 11.3 Å². The average Bonchev–Trinajstić information content (AvgIpc) is 3.10. The molecule has 3 rings (SSSR count). The standard InChI is InChI=1S/C12H16N6O2/c1-2-5-18-12(20)17-8-13-9(10(17)14-15-18)11(19)16-6-3-4-7-16/h8H,2-7H2,1H3. The molecule has 8 heteroatoms. The molecule has 20 heavy (non-hydrogen) atoms. The smallest absolute Gasteiger partial charge is 0.337 e. The Kier molecular flexibility index (Phi) is 3.21. The van der Waals surface area contributed by atoms with Gasteiger partial charge in [0, 0.05) is 19.6 Å². The maximum absolute atomic E-state index is 12.3. The van der Waals surface area contributed by atoms with Crippen LogP contribution in [0.15, 0.2) is 11.1 Å². The lowest BCUT2D eigenvalue weighted by atomic mass is 10.4. The number of fused-ring (bicyclic) bond motifs is 1. The number of imidazole rings is 1. The van der Waals surface area contributed by atoms with Crippen molar-refractivity contribution in [2.75, 3.05) is 13.1 Å². The largest absolute Gasteiger partial charge is 0.352 e. The first-order chi connectivity index (χ1) is 9.72. The Labute approximate surface area is 115 Å². The normalized spacial score (nSPS) is 15.2. The van der Waals surface area contributed by atoms with Crippen LogP contribution in [0.2, 0.25) is 0 Å². The molecule has 0 saturated carbocycles. The van der Waals surface area contributed by atoms with E-state index < -0.39 is 0 Å². The zero-order chi connectivity index (χ0) is 14.1. The summed E-state index contributed by atoms with van der Waals surface area (Å²) in [5, 5.41) is 7.84. The fourth-order valence-electron chi connectivity index (χ4n) is 2.41. The van der Waals surface area contributed by atoms with Crippen LogP contribution in [0.4, 0.5) is 0 Å². The molecule has 1 aliphatic rings. The Morgan fingerprint density at radius 3 is 2.80 bits per heavy atom. The van der Waals surface area contributed by atoms with Crippen LogP contribution in [-0.4, -0.2) is 48.3 Å². The summed E-state index contributed by atoms with van der Waals surface area (Å²) in [6.07, 6.45) is 4.15. The second-order valence-corrected chi connectivity index (χ2v) is 4.88. The molecule has 0 atom stereocenters. The average molecular weight is 276 g/mol. The van der Waals surface area contributed by atoms with E-state index in [0.29, 0.717) is 6.54 Å². The fraction of sp³-hybridized carbons (Fsp3) is 0.583. The van der Waals surface area contributed by atoms with Gasteiger partial charge in [-0.05, 0) is 19.3 Å². The van der Waals surface area contributed by atoms with Gasteiger partial charge >= 0.3 is 5.69 Å². The van der Waals surface area contributed by atoms with E-state index in [-0.39, 0.29) is 22.9 Å². The maximum atomic E-state index is 12.3.